The van der Waals surface area contributed by atoms with E-state index in [1.54, 1.807) is 35.1 Å². The minimum atomic E-state index is -0.335. The van der Waals surface area contributed by atoms with Gasteiger partial charge < -0.3 is 0 Å². The number of rotatable bonds is 6. The number of hydrazone groups is 1. The topological polar surface area (TPSA) is 96.0 Å². The van der Waals surface area contributed by atoms with Gasteiger partial charge in [-0.1, -0.05) is 23.7 Å². The summed E-state index contributed by atoms with van der Waals surface area (Å²) in [6, 6.07) is 12.6. The van der Waals surface area contributed by atoms with Crippen molar-refractivity contribution in [3.8, 4) is 17.3 Å². The van der Waals surface area contributed by atoms with Crippen LogP contribution < -0.4 is 5.43 Å². The largest absolute Gasteiger partial charge is 0.271 e. The van der Waals surface area contributed by atoms with Crippen LogP contribution in [0.5, 0.6) is 0 Å². The standard InChI is InChI=1S/C19H15ClN6O/c20-17-4-2-14(3-5-17)18-16(13-26(25-18)11-1-8-21)12-23-24-19(27)15-6-9-22-10-7-15/h2-7,9-10,12-13H,1,11H2,(H,24,27)/b23-12-. The smallest absolute Gasteiger partial charge is 0.270 e. The molecule has 0 unspecified atom stereocenters. The van der Waals surface area contributed by atoms with E-state index in [1.165, 1.54) is 18.6 Å². The molecule has 7 nitrogen and oxygen atoms in total. The quantitative estimate of drug-likeness (QED) is 0.526. The van der Waals surface area contributed by atoms with Crippen molar-refractivity contribution >= 4 is 23.7 Å². The molecule has 2 heterocycles. The van der Waals surface area contributed by atoms with Crippen LogP contribution in [0.3, 0.4) is 0 Å². The van der Waals surface area contributed by atoms with Crippen molar-refractivity contribution in [3.05, 3.63) is 71.1 Å². The van der Waals surface area contributed by atoms with Crippen molar-refractivity contribution in [2.75, 3.05) is 0 Å². The van der Waals surface area contributed by atoms with Crippen LogP contribution in [-0.2, 0) is 6.54 Å². The molecule has 3 rings (SSSR count). The molecule has 0 saturated carbocycles. The first-order valence-electron chi connectivity index (χ1n) is 8.11. The monoisotopic (exact) mass is 378 g/mol. The van der Waals surface area contributed by atoms with Crippen LogP contribution in [-0.4, -0.2) is 26.9 Å². The fourth-order valence-corrected chi connectivity index (χ4v) is 2.50. The van der Waals surface area contributed by atoms with E-state index in [2.05, 4.69) is 26.7 Å². The Kier molecular flexibility index (Phi) is 5.92. The molecule has 0 bridgehead atoms. The van der Waals surface area contributed by atoms with Gasteiger partial charge in [-0.15, -0.1) is 0 Å². The molecule has 0 aliphatic heterocycles. The van der Waals surface area contributed by atoms with Gasteiger partial charge in [-0.05, 0) is 24.3 Å². The lowest BCUT2D eigenvalue weighted by molar-refractivity contribution is 0.0955. The van der Waals surface area contributed by atoms with E-state index in [4.69, 9.17) is 16.9 Å². The molecule has 27 heavy (non-hydrogen) atoms. The van der Waals surface area contributed by atoms with Gasteiger partial charge in [0.25, 0.3) is 5.91 Å². The normalized spacial score (nSPS) is 10.7. The molecule has 0 aliphatic rings. The number of nitrogens with one attached hydrogen (secondary N) is 1. The van der Waals surface area contributed by atoms with Gasteiger partial charge >= 0.3 is 0 Å². The number of nitrogens with zero attached hydrogens (tertiary/aromatic N) is 5. The first-order chi connectivity index (χ1) is 13.2. The van der Waals surface area contributed by atoms with Gasteiger partial charge in [-0.25, -0.2) is 5.43 Å². The molecule has 134 valence electrons. The SMILES string of the molecule is N#CCCn1cc(/C=N\NC(=O)c2ccncc2)c(-c2ccc(Cl)cc2)n1. The number of hydrogen-bond donors (Lipinski definition) is 1. The average Bonchev–Trinajstić information content (AvgIpc) is 3.10. The summed E-state index contributed by atoms with van der Waals surface area (Å²) in [5.74, 6) is -0.335. The number of halogens is 1. The first-order valence-corrected chi connectivity index (χ1v) is 8.49. The maximum absolute atomic E-state index is 12.0. The number of aryl methyl sites for hydroxylation is 1. The summed E-state index contributed by atoms with van der Waals surface area (Å²) in [4.78, 5) is 15.9. The van der Waals surface area contributed by atoms with Gasteiger partial charge in [0.05, 0.1) is 25.2 Å². The van der Waals surface area contributed by atoms with Crippen LogP contribution >= 0.6 is 11.6 Å². The van der Waals surface area contributed by atoms with Crippen LogP contribution in [0.4, 0.5) is 0 Å². The third-order valence-corrected chi connectivity index (χ3v) is 3.92. The molecule has 2 aromatic heterocycles. The maximum Gasteiger partial charge on any atom is 0.271 e. The van der Waals surface area contributed by atoms with E-state index in [1.807, 2.05) is 12.1 Å². The molecule has 0 radical (unpaired) electrons. The van der Waals surface area contributed by atoms with Crippen LogP contribution in [0, 0.1) is 11.3 Å². The third kappa shape index (κ3) is 4.77. The van der Waals surface area contributed by atoms with Crippen LogP contribution in [0.1, 0.15) is 22.3 Å². The Morgan fingerprint density at radius 2 is 2.00 bits per heavy atom. The van der Waals surface area contributed by atoms with Gasteiger partial charge in [0.15, 0.2) is 0 Å². The number of aromatic nitrogens is 3. The van der Waals surface area contributed by atoms with Gasteiger partial charge in [-0.2, -0.15) is 15.5 Å². The number of benzene rings is 1. The van der Waals surface area contributed by atoms with E-state index in [0.29, 0.717) is 34.8 Å². The van der Waals surface area contributed by atoms with E-state index in [-0.39, 0.29) is 5.91 Å². The third-order valence-electron chi connectivity index (χ3n) is 3.67. The molecule has 1 amide bonds. The fraction of sp³-hybridized carbons (Fsp3) is 0.105. The highest BCUT2D eigenvalue weighted by atomic mass is 35.5. The summed E-state index contributed by atoms with van der Waals surface area (Å²) in [5.41, 5.74) is 5.20. The lowest BCUT2D eigenvalue weighted by atomic mass is 10.1. The van der Waals surface area contributed by atoms with E-state index in [9.17, 15) is 4.79 Å². The molecule has 1 N–H and O–H groups in total. The number of carbonyl (C=O) groups is 1. The fourth-order valence-electron chi connectivity index (χ4n) is 2.37. The zero-order valence-corrected chi connectivity index (χ0v) is 15.0. The predicted molar refractivity (Wildman–Crippen MR) is 102 cm³/mol. The van der Waals surface area contributed by atoms with Gasteiger partial charge in [-0.3, -0.25) is 14.5 Å². The molecular formula is C19H15ClN6O. The zero-order valence-electron chi connectivity index (χ0n) is 14.2. The van der Waals surface area contributed by atoms with Gasteiger partial charge in [0, 0.05) is 40.3 Å². The van der Waals surface area contributed by atoms with Crippen LogP contribution in [0.15, 0.2) is 60.1 Å². The second kappa shape index (κ2) is 8.74. The van der Waals surface area contributed by atoms with Crippen molar-refractivity contribution < 1.29 is 4.79 Å². The average molecular weight is 379 g/mol. The van der Waals surface area contributed by atoms with E-state index >= 15 is 0 Å². The maximum atomic E-state index is 12.0. The first kappa shape index (κ1) is 18.3. The summed E-state index contributed by atoms with van der Waals surface area (Å²) in [6.07, 6.45) is 6.73. The number of amides is 1. The number of carbonyl (C=O) groups excluding carboxylic acids is 1. The Labute approximate surface area is 160 Å². The second-order valence-corrected chi connectivity index (χ2v) is 5.98. The summed E-state index contributed by atoms with van der Waals surface area (Å²) in [7, 11) is 0. The predicted octanol–water partition coefficient (Wildman–Crippen LogP) is 3.28. The molecule has 8 heteroatoms. The lowest BCUT2D eigenvalue weighted by Crippen LogP contribution is -2.17. The highest BCUT2D eigenvalue weighted by Crippen LogP contribution is 2.23. The molecule has 0 aliphatic carbocycles. The molecular weight excluding hydrogens is 364 g/mol. The van der Waals surface area contributed by atoms with Crippen molar-refractivity contribution in [2.45, 2.75) is 13.0 Å². The molecule has 0 fully saturated rings. The Hall–Kier alpha value is -3.50. The minimum Gasteiger partial charge on any atom is -0.270 e. The van der Waals surface area contributed by atoms with Crippen molar-refractivity contribution in [1.82, 2.24) is 20.2 Å². The van der Waals surface area contributed by atoms with E-state index in [0.717, 1.165) is 5.56 Å². The van der Waals surface area contributed by atoms with Gasteiger partial charge in [0.1, 0.15) is 5.69 Å². The highest BCUT2D eigenvalue weighted by Gasteiger charge is 2.10. The zero-order chi connectivity index (χ0) is 19.1. The lowest BCUT2D eigenvalue weighted by Gasteiger charge is -2.00. The second-order valence-electron chi connectivity index (χ2n) is 5.55. The minimum absolute atomic E-state index is 0.335. The Balaban J connectivity index is 1.82. The molecule has 0 atom stereocenters. The number of nitriles is 1. The summed E-state index contributed by atoms with van der Waals surface area (Å²) < 4.78 is 1.68. The van der Waals surface area contributed by atoms with Crippen LogP contribution in [0.2, 0.25) is 5.02 Å². The summed E-state index contributed by atoms with van der Waals surface area (Å²) in [5, 5.41) is 17.9. The molecule has 0 saturated heterocycles. The van der Waals surface area contributed by atoms with Crippen molar-refractivity contribution in [3.63, 3.8) is 0 Å². The Bertz CT molecular complexity index is 989. The number of hydrogen-bond acceptors (Lipinski definition) is 5. The Morgan fingerprint density at radius 3 is 2.70 bits per heavy atom. The van der Waals surface area contributed by atoms with Crippen molar-refractivity contribution in [2.24, 2.45) is 5.10 Å². The Morgan fingerprint density at radius 1 is 1.26 bits per heavy atom. The molecule has 1 aromatic carbocycles. The highest BCUT2D eigenvalue weighted by molar-refractivity contribution is 6.30. The number of pyridine rings is 1. The summed E-state index contributed by atoms with van der Waals surface area (Å²) in [6.45, 7) is 0.467. The summed E-state index contributed by atoms with van der Waals surface area (Å²) >= 11 is 5.95. The molecule has 3 aromatic rings. The van der Waals surface area contributed by atoms with Crippen LogP contribution in [0.25, 0.3) is 11.3 Å². The van der Waals surface area contributed by atoms with Crippen molar-refractivity contribution in [1.29, 1.82) is 5.26 Å². The van der Waals surface area contributed by atoms with E-state index < -0.39 is 0 Å². The molecule has 0 spiro atoms. The van der Waals surface area contributed by atoms with Gasteiger partial charge in [0.2, 0.25) is 0 Å².